The van der Waals surface area contributed by atoms with Crippen LogP contribution in [0, 0.1) is 0 Å². The molecule has 0 aliphatic carbocycles. The number of fused-ring (bicyclic) bond motifs is 1. The third kappa shape index (κ3) is 4.06. The predicted octanol–water partition coefficient (Wildman–Crippen LogP) is 3.67. The van der Waals surface area contributed by atoms with Gasteiger partial charge in [0.1, 0.15) is 0 Å². The van der Waals surface area contributed by atoms with Crippen molar-refractivity contribution in [1.29, 1.82) is 0 Å². The number of aromatic nitrogens is 3. The van der Waals surface area contributed by atoms with Gasteiger partial charge in [0.25, 0.3) is 5.91 Å². The van der Waals surface area contributed by atoms with E-state index in [0.29, 0.717) is 16.3 Å². The molecule has 1 aliphatic rings. The van der Waals surface area contributed by atoms with E-state index in [4.69, 9.17) is 11.6 Å². The van der Waals surface area contributed by atoms with Gasteiger partial charge in [-0.15, -0.1) is 0 Å². The number of nitrogens with one attached hydrogen (secondary N) is 1. The van der Waals surface area contributed by atoms with Gasteiger partial charge >= 0.3 is 0 Å². The van der Waals surface area contributed by atoms with Crippen LogP contribution in [0.15, 0.2) is 36.7 Å². The predicted molar refractivity (Wildman–Crippen MR) is 117 cm³/mol. The molecule has 1 saturated heterocycles. The Morgan fingerprint density at radius 1 is 1.14 bits per heavy atom. The lowest BCUT2D eigenvalue weighted by molar-refractivity contribution is 0.102. The number of amides is 1. The molecule has 8 heteroatoms. The number of rotatable bonds is 4. The minimum absolute atomic E-state index is 0.206. The largest absolute Gasteiger partial charge is 0.367 e. The van der Waals surface area contributed by atoms with Crippen molar-refractivity contribution >= 4 is 39.9 Å². The van der Waals surface area contributed by atoms with Gasteiger partial charge in [0, 0.05) is 48.8 Å². The Hall–Kier alpha value is -2.64. The minimum Gasteiger partial charge on any atom is -0.367 e. The Kier molecular flexibility index (Phi) is 5.43. The monoisotopic (exact) mass is 412 g/mol. The van der Waals surface area contributed by atoms with E-state index in [9.17, 15) is 4.79 Å². The highest BCUT2D eigenvalue weighted by molar-refractivity contribution is 6.31. The molecule has 0 spiro atoms. The molecule has 7 nitrogen and oxygen atoms in total. The molecule has 4 rings (SSSR count). The van der Waals surface area contributed by atoms with Crippen LogP contribution in [0.2, 0.25) is 5.02 Å². The van der Waals surface area contributed by atoms with Gasteiger partial charge in [0.05, 0.1) is 23.1 Å². The van der Waals surface area contributed by atoms with Crippen LogP contribution >= 0.6 is 11.6 Å². The van der Waals surface area contributed by atoms with E-state index < -0.39 is 0 Å². The highest BCUT2D eigenvalue weighted by Crippen LogP contribution is 2.30. The smallest absolute Gasteiger partial charge is 0.257 e. The lowest BCUT2D eigenvalue weighted by Gasteiger charge is -2.35. The van der Waals surface area contributed by atoms with Crippen LogP contribution in [-0.4, -0.2) is 58.8 Å². The Bertz CT molecular complexity index is 1040. The first kappa shape index (κ1) is 19.7. The quantitative estimate of drug-likeness (QED) is 0.708. The van der Waals surface area contributed by atoms with Crippen molar-refractivity contribution in [2.75, 3.05) is 43.4 Å². The number of carbonyl (C=O) groups is 1. The fraction of sp³-hybridized carbons (Fsp3) is 0.381. The van der Waals surface area contributed by atoms with Crippen molar-refractivity contribution < 1.29 is 4.79 Å². The maximum atomic E-state index is 12.9. The number of hydrogen-bond donors (Lipinski definition) is 1. The first-order valence-electron chi connectivity index (χ1n) is 9.80. The van der Waals surface area contributed by atoms with Gasteiger partial charge in [-0.05, 0) is 45.2 Å². The number of likely N-dealkylation sites (N-methyl/N-ethyl adjacent to an activating group) is 1. The SMILES string of the molecule is CC(C)n1ncc2cc(C(=O)Nc3cc(Cl)ccc3N3CCN(C)CC3)cnc21. The number of piperazine rings is 1. The van der Waals surface area contributed by atoms with Crippen LogP contribution in [0.1, 0.15) is 30.2 Å². The molecule has 2 aromatic heterocycles. The molecule has 0 unspecified atom stereocenters. The van der Waals surface area contributed by atoms with Crippen LogP contribution in [0.3, 0.4) is 0 Å². The Labute approximate surface area is 175 Å². The zero-order valence-electron chi connectivity index (χ0n) is 16.9. The third-order valence-electron chi connectivity index (χ3n) is 5.24. The number of pyridine rings is 1. The second-order valence-electron chi connectivity index (χ2n) is 7.73. The molecule has 0 bridgehead atoms. The Morgan fingerprint density at radius 3 is 2.62 bits per heavy atom. The molecule has 0 radical (unpaired) electrons. The van der Waals surface area contributed by atoms with Gasteiger partial charge in [-0.1, -0.05) is 11.6 Å². The lowest BCUT2D eigenvalue weighted by Crippen LogP contribution is -2.44. The van der Waals surface area contributed by atoms with Crippen LogP contribution in [0.25, 0.3) is 11.0 Å². The second kappa shape index (κ2) is 8.00. The molecular formula is C21H25ClN6O. The minimum atomic E-state index is -0.214. The van der Waals surface area contributed by atoms with Gasteiger partial charge in [-0.3, -0.25) is 4.79 Å². The maximum Gasteiger partial charge on any atom is 0.257 e. The molecule has 1 aliphatic heterocycles. The molecule has 0 saturated carbocycles. The molecule has 0 atom stereocenters. The van der Waals surface area contributed by atoms with Crippen LogP contribution in [-0.2, 0) is 0 Å². The second-order valence-corrected chi connectivity index (χ2v) is 8.16. The Balaban J connectivity index is 1.59. The summed E-state index contributed by atoms with van der Waals surface area (Å²) >= 11 is 6.22. The summed E-state index contributed by atoms with van der Waals surface area (Å²) in [4.78, 5) is 22.0. The molecule has 1 aromatic carbocycles. The summed E-state index contributed by atoms with van der Waals surface area (Å²) in [6, 6.07) is 7.66. The number of benzene rings is 1. The summed E-state index contributed by atoms with van der Waals surface area (Å²) in [6.45, 7) is 7.88. The number of carbonyl (C=O) groups excluding carboxylic acids is 1. The summed E-state index contributed by atoms with van der Waals surface area (Å²) in [5.41, 5.74) is 2.96. The van der Waals surface area contributed by atoms with Crippen molar-refractivity contribution in [2.45, 2.75) is 19.9 Å². The summed E-state index contributed by atoms with van der Waals surface area (Å²) < 4.78 is 1.85. The van der Waals surface area contributed by atoms with E-state index >= 15 is 0 Å². The highest BCUT2D eigenvalue weighted by atomic mass is 35.5. The van der Waals surface area contributed by atoms with Gasteiger partial charge in [0.2, 0.25) is 0 Å². The first-order valence-corrected chi connectivity index (χ1v) is 10.2. The molecule has 152 valence electrons. The van der Waals surface area contributed by atoms with E-state index in [2.05, 4.69) is 32.2 Å². The molecule has 1 amide bonds. The summed E-state index contributed by atoms with van der Waals surface area (Å²) in [6.07, 6.45) is 3.34. The standard InChI is InChI=1S/C21H25ClN6O/c1-14(2)28-20-15(13-24-28)10-16(12-23-20)21(29)25-18-11-17(22)4-5-19(18)27-8-6-26(3)7-9-27/h4-5,10-14H,6-9H2,1-3H3,(H,25,29). The lowest BCUT2D eigenvalue weighted by atomic mass is 10.2. The normalized spacial score (nSPS) is 15.3. The Morgan fingerprint density at radius 2 is 1.90 bits per heavy atom. The highest BCUT2D eigenvalue weighted by Gasteiger charge is 2.19. The van der Waals surface area contributed by atoms with E-state index in [0.717, 1.165) is 42.9 Å². The van der Waals surface area contributed by atoms with E-state index in [1.165, 1.54) is 0 Å². The average molecular weight is 413 g/mol. The van der Waals surface area contributed by atoms with Gasteiger partial charge in [-0.2, -0.15) is 5.10 Å². The topological polar surface area (TPSA) is 66.3 Å². The average Bonchev–Trinajstić information content (AvgIpc) is 3.12. The van der Waals surface area contributed by atoms with E-state index in [-0.39, 0.29) is 11.9 Å². The number of nitrogens with zero attached hydrogens (tertiary/aromatic N) is 5. The summed E-state index contributed by atoms with van der Waals surface area (Å²) in [5, 5.41) is 8.82. The number of hydrogen-bond acceptors (Lipinski definition) is 5. The van der Waals surface area contributed by atoms with Crippen molar-refractivity contribution in [2.24, 2.45) is 0 Å². The number of halogens is 1. The van der Waals surface area contributed by atoms with Crippen molar-refractivity contribution in [3.05, 3.63) is 47.2 Å². The maximum absolute atomic E-state index is 12.9. The van der Waals surface area contributed by atoms with Crippen LogP contribution in [0.5, 0.6) is 0 Å². The molecule has 3 heterocycles. The number of anilines is 2. The van der Waals surface area contributed by atoms with Crippen LogP contribution in [0.4, 0.5) is 11.4 Å². The fourth-order valence-corrected chi connectivity index (χ4v) is 3.74. The van der Waals surface area contributed by atoms with Gasteiger partial charge < -0.3 is 15.1 Å². The molecule has 1 fully saturated rings. The molecule has 29 heavy (non-hydrogen) atoms. The van der Waals surface area contributed by atoms with Crippen molar-refractivity contribution in [1.82, 2.24) is 19.7 Å². The van der Waals surface area contributed by atoms with Crippen LogP contribution < -0.4 is 10.2 Å². The van der Waals surface area contributed by atoms with Crippen molar-refractivity contribution in [3.8, 4) is 0 Å². The van der Waals surface area contributed by atoms with Gasteiger partial charge in [-0.25, -0.2) is 9.67 Å². The van der Waals surface area contributed by atoms with Gasteiger partial charge in [0.15, 0.2) is 5.65 Å². The van der Waals surface area contributed by atoms with E-state index in [1.807, 2.05) is 36.7 Å². The molecule has 3 aromatic rings. The zero-order valence-corrected chi connectivity index (χ0v) is 17.6. The third-order valence-corrected chi connectivity index (χ3v) is 5.47. The first-order chi connectivity index (χ1) is 13.9. The fourth-order valence-electron chi connectivity index (χ4n) is 3.57. The molecule has 1 N–H and O–H groups in total. The van der Waals surface area contributed by atoms with Crippen molar-refractivity contribution in [3.63, 3.8) is 0 Å². The zero-order chi connectivity index (χ0) is 20.5. The van der Waals surface area contributed by atoms with E-state index in [1.54, 1.807) is 18.5 Å². The molecular weight excluding hydrogens is 388 g/mol. The summed E-state index contributed by atoms with van der Waals surface area (Å²) in [5.74, 6) is -0.214. The summed E-state index contributed by atoms with van der Waals surface area (Å²) in [7, 11) is 2.12.